The summed E-state index contributed by atoms with van der Waals surface area (Å²) in [5.74, 6) is 2.82. The average molecular weight is 397 g/mol. The van der Waals surface area contributed by atoms with Gasteiger partial charge in [-0.25, -0.2) is 0 Å². The van der Waals surface area contributed by atoms with Gasteiger partial charge >= 0.3 is 0 Å². The molecule has 4 atom stereocenters. The van der Waals surface area contributed by atoms with Crippen LogP contribution in [0.3, 0.4) is 0 Å². The zero-order valence-electron chi connectivity index (χ0n) is 16.3. The molecule has 29 heavy (non-hydrogen) atoms. The standard InChI is InChI=1S/C22H23NO6/c1-22-13-3-4-15-20(29-10-26-15)19(13)14(8-24)23(2)21(22)12-7-17-16(27-9-28-17)5-11(12)6-18(22)25/h3-5,7,14,18,21,24-25H,6,8-10H2,1-2H3/t14-,18+,21-,22+/m1/s1. The summed E-state index contributed by atoms with van der Waals surface area (Å²) in [7, 11) is 1.99. The molecule has 4 aliphatic rings. The Morgan fingerprint density at radius 1 is 1.07 bits per heavy atom. The van der Waals surface area contributed by atoms with Crippen LogP contribution in [0, 0.1) is 0 Å². The topological polar surface area (TPSA) is 80.6 Å². The molecule has 0 radical (unpaired) electrons. The normalized spacial score (nSPS) is 31.2. The van der Waals surface area contributed by atoms with Crippen LogP contribution >= 0.6 is 0 Å². The second-order valence-corrected chi connectivity index (χ2v) is 8.43. The molecule has 7 nitrogen and oxygen atoms in total. The van der Waals surface area contributed by atoms with Gasteiger partial charge in [-0.1, -0.05) is 13.0 Å². The monoisotopic (exact) mass is 397 g/mol. The van der Waals surface area contributed by atoms with Crippen LogP contribution in [0.5, 0.6) is 23.0 Å². The molecule has 0 amide bonds. The van der Waals surface area contributed by atoms with E-state index in [4.69, 9.17) is 18.9 Å². The molecule has 0 unspecified atom stereocenters. The smallest absolute Gasteiger partial charge is 0.231 e. The van der Waals surface area contributed by atoms with Crippen molar-refractivity contribution in [1.82, 2.24) is 4.90 Å². The first-order valence-electron chi connectivity index (χ1n) is 9.90. The van der Waals surface area contributed by atoms with Crippen molar-refractivity contribution in [3.8, 4) is 23.0 Å². The summed E-state index contributed by atoms with van der Waals surface area (Å²) in [6, 6.07) is 7.54. The molecule has 7 heteroatoms. The third kappa shape index (κ3) is 2.07. The molecule has 2 aromatic carbocycles. The van der Waals surface area contributed by atoms with E-state index in [0.29, 0.717) is 17.9 Å². The van der Waals surface area contributed by atoms with Crippen molar-refractivity contribution < 1.29 is 29.2 Å². The van der Waals surface area contributed by atoms with Crippen molar-refractivity contribution >= 4 is 0 Å². The Labute approximate surface area is 168 Å². The lowest BCUT2D eigenvalue weighted by molar-refractivity contribution is -0.0268. The van der Waals surface area contributed by atoms with Crippen LogP contribution in [0.4, 0.5) is 0 Å². The van der Waals surface area contributed by atoms with Crippen molar-refractivity contribution in [3.05, 3.63) is 46.5 Å². The van der Waals surface area contributed by atoms with E-state index in [9.17, 15) is 10.2 Å². The lowest BCUT2D eigenvalue weighted by Gasteiger charge is -2.56. The second-order valence-electron chi connectivity index (χ2n) is 8.43. The van der Waals surface area contributed by atoms with E-state index in [2.05, 4.69) is 11.8 Å². The van der Waals surface area contributed by atoms with Gasteiger partial charge in [-0.3, -0.25) is 4.90 Å². The zero-order valence-corrected chi connectivity index (χ0v) is 16.3. The van der Waals surface area contributed by atoms with Gasteiger partial charge in [0, 0.05) is 17.0 Å². The molecule has 0 aromatic heterocycles. The minimum Gasteiger partial charge on any atom is -0.454 e. The second kappa shape index (κ2) is 5.78. The van der Waals surface area contributed by atoms with Gasteiger partial charge in [0.1, 0.15) is 0 Å². The number of ether oxygens (including phenoxy) is 4. The first kappa shape index (κ1) is 17.4. The number of aliphatic hydroxyl groups is 2. The number of fused-ring (bicyclic) bond motifs is 8. The molecule has 1 aliphatic carbocycles. The lowest BCUT2D eigenvalue weighted by Crippen LogP contribution is -2.56. The molecule has 0 spiro atoms. The largest absolute Gasteiger partial charge is 0.454 e. The summed E-state index contributed by atoms with van der Waals surface area (Å²) in [5, 5.41) is 21.7. The summed E-state index contributed by atoms with van der Waals surface area (Å²) >= 11 is 0. The molecule has 0 fully saturated rings. The summed E-state index contributed by atoms with van der Waals surface area (Å²) in [6.07, 6.45) is -0.0913. The van der Waals surface area contributed by atoms with Crippen molar-refractivity contribution in [2.75, 3.05) is 27.2 Å². The van der Waals surface area contributed by atoms with Crippen LogP contribution in [0.1, 0.15) is 41.3 Å². The number of likely N-dealkylation sites (N-methyl/N-ethyl adjacent to an activating group) is 1. The van der Waals surface area contributed by atoms with Crippen molar-refractivity contribution in [2.45, 2.75) is 36.9 Å². The highest BCUT2D eigenvalue weighted by atomic mass is 16.7. The maximum absolute atomic E-state index is 11.4. The van der Waals surface area contributed by atoms with Crippen LogP contribution in [0.25, 0.3) is 0 Å². The number of benzene rings is 2. The fourth-order valence-electron chi connectivity index (χ4n) is 5.72. The third-order valence-electron chi connectivity index (χ3n) is 7.17. The SMILES string of the molecule is CN1[C@H](CO)c2c(ccc3c2OCO3)[C@@]2(C)[C@@H](O)Cc3cc4c(cc3[C@@H]12)OCO4. The number of aliphatic hydroxyl groups excluding tert-OH is 2. The summed E-state index contributed by atoms with van der Waals surface area (Å²) in [6.45, 7) is 2.42. The molecule has 0 saturated carbocycles. The Hall–Kier alpha value is -2.48. The Morgan fingerprint density at radius 2 is 1.79 bits per heavy atom. The van der Waals surface area contributed by atoms with Gasteiger partial charge in [0.05, 0.1) is 18.8 Å². The molecule has 2 aromatic rings. The van der Waals surface area contributed by atoms with Crippen molar-refractivity contribution in [2.24, 2.45) is 0 Å². The number of hydrogen-bond donors (Lipinski definition) is 2. The molecule has 3 aliphatic heterocycles. The molecular formula is C22H23NO6. The average Bonchev–Trinajstić information content (AvgIpc) is 3.36. The quantitative estimate of drug-likeness (QED) is 0.762. The van der Waals surface area contributed by atoms with E-state index in [1.807, 2.05) is 31.3 Å². The minimum atomic E-state index is -0.610. The van der Waals surface area contributed by atoms with E-state index in [1.165, 1.54) is 0 Å². The van der Waals surface area contributed by atoms with Crippen LogP contribution in [0.2, 0.25) is 0 Å². The summed E-state index contributed by atoms with van der Waals surface area (Å²) < 4.78 is 22.6. The van der Waals surface area contributed by atoms with Gasteiger partial charge in [0.15, 0.2) is 23.0 Å². The van der Waals surface area contributed by atoms with E-state index < -0.39 is 11.5 Å². The predicted octanol–water partition coefficient (Wildman–Crippen LogP) is 2.04. The summed E-state index contributed by atoms with van der Waals surface area (Å²) in [5.41, 5.74) is 3.48. The highest BCUT2D eigenvalue weighted by Gasteiger charge is 2.56. The first-order valence-corrected chi connectivity index (χ1v) is 9.90. The van der Waals surface area contributed by atoms with Crippen LogP contribution in [0.15, 0.2) is 24.3 Å². The molecule has 0 bridgehead atoms. The molecule has 2 N–H and O–H groups in total. The molecular weight excluding hydrogens is 374 g/mol. The lowest BCUT2D eigenvalue weighted by atomic mass is 9.59. The van der Waals surface area contributed by atoms with Crippen LogP contribution in [-0.2, 0) is 11.8 Å². The van der Waals surface area contributed by atoms with Gasteiger partial charge in [-0.2, -0.15) is 0 Å². The van der Waals surface area contributed by atoms with Gasteiger partial charge in [0.2, 0.25) is 13.6 Å². The molecule has 6 rings (SSSR count). The molecule has 0 saturated heterocycles. The number of hydrogen-bond acceptors (Lipinski definition) is 7. The van der Waals surface area contributed by atoms with E-state index in [-0.39, 0.29) is 32.3 Å². The maximum atomic E-state index is 11.4. The van der Waals surface area contributed by atoms with Crippen LogP contribution < -0.4 is 18.9 Å². The highest BCUT2D eigenvalue weighted by Crippen LogP contribution is 2.59. The van der Waals surface area contributed by atoms with Crippen molar-refractivity contribution in [3.63, 3.8) is 0 Å². The highest BCUT2D eigenvalue weighted by molar-refractivity contribution is 5.61. The maximum Gasteiger partial charge on any atom is 0.231 e. The Morgan fingerprint density at radius 3 is 2.59 bits per heavy atom. The fraction of sp³-hybridized carbons (Fsp3) is 0.455. The van der Waals surface area contributed by atoms with E-state index in [1.54, 1.807) is 0 Å². The van der Waals surface area contributed by atoms with Gasteiger partial charge in [-0.05, 0) is 48.4 Å². The molecule has 3 heterocycles. The summed E-state index contributed by atoms with van der Waals surface area (Å²) in [4.78, 5) is 2.15. The zero-order chi connectivity index (χ0) is 19.9. The molecule has 152 valence electrons. The fourth-order valence-corrected chi connectivity index (χ4v) is 5.72. The Kier molecular flexibility index (Phi) is 3.47. The van der Waals surface area contributed by atoms with Gasteiger partial charge < -0.3 is 29.2 Å². The van der Waals surface area contributed by atoms with Crippen molar-refractivity contribution in [1.29, 1.82) is 0 Å². The van der Waals surface area contributed by atoms with Crippen LogP contribution in [-0.4, -0.2) is 48.5 Å². The van der Waals surface area contributed by atoms with Gasteiger partial charge in [0.25, 0.3) is 0 Å². The van der Waals surface area contributed by atoms with E-state index >= 15 is 0 Å². The Bertz CT molecular complexity index is 1020. The van der Waals surface area contributed by atoms with Gasteiger partial charge in [-0.15, -0.1) is 0 Å². The predicted molar refractivity (Wildman–Crippen MR) is 103 cm³/mol. The van der Waals surface area contributed by atoms with E-state index in [0.717, 1.165) is 33.8 Å². The number of rotatable bonds is 1. The third-order valence-corrected chi connectivity index (χ3v) is 7.17. The Balaban J connectivity index is 1.61. The minimum absolute atomic E-state index is 0.0636. The number of nitrogens with zero attached hydrogens (tertiary/aromatic N) is 1. The first-order chi connectivity index (χ1) is 14.0.